The first kappa shape index (κ1) is 28.7. The molecule has 1 aromatic heterocycles. The van der Waals surface area contributed by atoms with Crippen LogP contribution in [0.3, 0.4) is 0 Å². The molecule has 0 bridgehead atoms. The highest BCUT2D eigenvalue weighted by atomic mass is 79.9. The van der Waals surface area contributed by atoms with Crippen LogP contribution in [0.5, 0.6) is 0 Å². The van der Waals surface area contributed by atoms with Crippen LogP contribution in [0.2, 0.25) is 0 Å². The first-order valence-electron chi connectivity index (χ1n) is 10.5. The van der Waals surface area contributed by atoms with Crippen LogP contribution in [0.4, 0.5) is 36.4 Å². The minimum Gasteiger partial charge on any atom is -0.312 e. The van der Waals surface area contributed by atoms with Crippen molar-refractivity contribution in [2.24, 2.45) is 0 Å². The topological polar surface area (TPSA) is 44.1 Å². The first-order chi connectivity index (χ1) is 16.9. The lowest BCUT2D eigenvalue weighted by Crippen LogP contribution is -2.42. The molecule has 0 unspecified atom stereocenters. The molecule has 1 heterocycles. The van der Waals surface area contributed by atoms with Gasteiger partial charge in [-0.15, -0.1) is 11.3 Å². The number of alkyl halides is 6. The van der Waals surface area contributed by atoms with Gasteiger partial charge in [-0.05, 0) is 83.7 Å². The zero-order valence-corrected chi connectivity index (χ0v) is 22.1. The second-order valence-corrected chi connectivity index (χ2v) is 11.1. The number of anilines is 1. The molecule has 3 aromatic rings. The Morgan fingerprint density at radius 3 is 1.95 bits per heavy atom. The van der Waals surface area contributed by atoms with E-state index < -0.39 is 46.2 Å². The Kier molecular flexibility index (Phi) is 7.56. The van der Waals surface area contributed by atoms with Crippen molar-refractivity contribution < 1.29 is 35.5 Å². The number of aryl methyl sites for hydroxylation is 1. The number of amides is 1. The molecular formula is C25H18BrF7N2OS. The van der Waals surface area contributed by atoms with Crippen molar-refractivity contribution in [2.75, 3.05) is 11.9 Å². The summed E-state index contributed by atoms with van der Waals surface area (Å²) in [7, 11) is 1.28. The number of thiophene rings is 1. The van der Waals surface area contributed by atoms with Gasteiger partial charge in [0.15, 0.2) is 0 Å². The largest absolute Gasteiger partial charge is 0.416 e. The Morgan fingerprint density at radius 1 is 0.973 bits per heavy atom. The molecule has 0 radical (unpaired) electrons. The summed E-state index contributed by atoms with van der Waals surface area (Å²) < 4.78 is 94.6. The number of likely N-dealkylation sites (N-methyl/N-ethyl adjacent to an activating group) is 1. The maximum atomic E-state index is 13.7. The summed E-state index contributed by atoms with van der Waals surface area (Å²) in [4.78, 5) is 15.1. The van der Waals surface area contributed by atoms with E-state index in [2.05, 4.69) is 15.9 Å². The van der Waals surface area contributed by atoms with Gasteiger partial charge in [0.1, 0.15) is 17.4 Å². The van der Waals surface area contributed by atoms with E-state index in [4.69, 9.17) is 0 Å². The Hall–Kier alpha value is -2.91. The Morgan fingerprint density at radius 2 is 1.49 bits per heavy atom. The van der Waals surface area contributed by atoms with Gasteiger partial charge in [-0.1, -0.05) is 6.07 Å². The molecule has 0 saturated heterocycles. The van der Waals surface area contributed by atoms with Crippen LogP contribution in [0, 0.1) is 24.1 Å². The van der Waals surface area contributed by atoms with Crippen molar-refractivity contribution in [2.45, 2.75) is 38.5 Å². The van der Waals surface area contributed by atoms with E-state index in [0.717, 1.165) is 16.2 Å². The minimum absolute atomic E-state index is 0.00698. The van der Waals surface area contributed by atoms with Gasteiger partial charge in [0.2, 0.25) is 5.91 Å². The minimum atomic E-state index is -5.08. The van der Waals surface area contributed by atoms with Crippen molar-refractivity contribution in [3.63, 3.8) is 0 Å². The molecule has 2 aromatic carbocycles. The van der Waals surface area contributed by atoms with E-state index >= 15 is 0 Å². The average molecular weight is 607 g/mol. The molecule has 37 heavy (non-hydrogen) atoms. The van der Waals surface area contributed by atoms with Gasteiger partial charge in [-0.25, -0.2) is 4.39 Å². The molecule has 12 heteroatoms. The number of carbonyl (C=O) groups is 1. The number of carbonyl (C=O) groups excluding carboxylic acids is 1. The fourth-order valence-electron chi connectivity index (χ4n) is 3.84. The summed E-state index contributed by atoms with van der Waals surface area (Å²) in [5, 5.41) is 9.75. The van der Waals surface area contributed by atoms with Gasteiger partial charge in [0.05, 0.1) is 30.9 Å². The highest BCUT2D eigenvalue weighted by Gasteiger charge is 2.42. The van der Waals surface area contributed by atoms with E-state index in [-0.39, 0.29) is 17.3 Å². The lowest BCUT2D eigenvalue weighted by Gasteiger charge is -2.31. The molecule has 3 nitrogen and oxygen atoms in total. The molecule has 3 rings (SSSR count). The zero-order valence-electron chi connectivity index (χ0n) is 19.7. The van der Waals surface area contributed by atoms with Crippen molar-refractivity contribution in [1.82, 2.24) is 0 Å². The van der Waals surface area contributed by atoms with Gasteiger partial charge >= 0.3 is 12.4 Å². The summed E-state index contributed by atoms with van der Waals surface area (Å²) in [6.45, 7) is 4.03. The smallest absolute Gasteiger partial charge is 0.312 e. The van der Waals surface area contributed by atoms with Crippen LogP contribution >= 0.6 is 27.3 Å². The van der Waals surface area contributed by atoms with Gasteiger partial charge in [0, 0.05) is 7.05 Å². The lowest BCUT2D eigenvalue weighted by atomic mass is 9.81. The van der Waals surface area contributed by atoms with Crippen molar-refractivity contribution >= 4 is 38.9 Å². The van der Waals surface area contributed by atoms with Crippen LogP contribution in [-0.2, 0) is 22.6 Å². The second kappa shape index (κ2) is 9.76. The Balaban J connectivity index is 2.20. The van der Waals surface area contributed by atoms with Crippen LogP contribution in [-0.4, -0.2) is 13.0 Å². The van der Waals surface area contributed by atoms with E-state index in [1.54, 1.807) is 6.92 Å². The number of benzene rings is 2. The zero-order chi connectivity index (χ0) is 28.1. The first-order valence-corrected chi connectivity index (χ1v) is 12.1. The lowest BCUT2D eigenvalue weighted by molar-refractivity contribution is -0.143. The van der Waals surface area contributed by atoms with Gasteiger partial charge in [0.25, 0.3) is 0 Å². The van der Waals surface area contributed by atoms with E-state index in [1.807, 2.05) is 6.07 Å². The third-order valence-electron chi connectivity index (χ3n) is 5.87. The molecule has 0 spiro atoms. The van der Waals surface area contributed by atoms with Crippen LogP contribution < -0.4 is 4.90 Å². The maximum absolute atomic E-state index is 13.7. The molecule has 1 amide bonds. The molecular weight excluding hydrogens is 589 g/mol. The fourth-order valence-corrected chi connectivity index (χ4v) is 5.70. The van der Waals surface area contributed by atoms with E-state index in [0.29, 0.717) is 31.9 Å². The average Bonchev–Trinajstić information content (AvgIpc) is 3.12. The fraction of sp³-hybridized carbons (Fsp3) is 0.280. The van der Waals surface area contributed by atoms with Crippen molar-refractivity contribution in [1.29, 1.82) is 5.26 Å². The van der Waals surface area contributed by atoms with Crippen LogP contribution in [0.15, 0.2) is 40.2 Å². The number of hydrogen-bond acceptors (Lipinski definition) is 3. The molecule has 0 saturated carbocycles. The summed E-state index contributed by atoms with van der Waals surface area (Å²) in [6, 6.07) is 6.90. The summed E-state index contributed by atoms with van der Waals surface area (Å²) in [6.07, 6.45) is -10.2. The third-order valence-corrected chi connectivity index (χ3v) is 7.75. The quantitative estimate of drug-likeness (QED) is 0.280. The predicted octanol–water partition coefficient (Wildman–Crippen LogP) is 8.48. The number of nitriles is 1. The molecule has 0 aliphatic carbocycles. The third kappa shape index (κ3) is 5.52. The number of hydrogen-bond donors (Lipinski definition) is 0. The molecule has 196 valence electrons. The van der Waals surface area contributed by atoms with Crippen LogP contribution in [0.1, 0.15) is 41.7 Å². The Bertz CT molecular complexity index is 1390. The molecule has 0 aliphatic heterocycles. The molecule has 0 N–H and O–H groups in total. The number of nitrogens with zero attached hydrogens (tertiary/aromatic N) is 2. The highest BCUT2D eigenvalue weighted by molar-refractivity contribution is 9.11. The normalized spacial score (nSPS) is 12.4. The number of rotatable bonds is 4. The van der Waals surface area contributed by atoms with Crippen LogP contribution in [0.25, 0.3) is 10.4 Å². The molecule has 0 atom stereocenters. The highest BCUT2D eigenvalue weighted by Crippen LogP contribution is 2.47. The second-order valence-electron chi connectivity index (χ2n) is 8.78. The van der Waals surface area contributed by atoms with Crippen molar-refractivity contribution in [3.05, 3.63) is 73.8 Å². The summed E-state index contributed by atoms with van der Waals surface area (Å²) in [5.41, 5.74) is -4.33. The standard InChI is InChI=1S/C25H18BrF7N2OS/c1-12-7-16(27)5-6-17(12)20-19(18(11-34)21(26)37-20)35(4)22(36)23(2,3)13-8-14(24(28,29)30)10-15(9-13)25(31,32)33/h5-10H,1-4H3. The van der Waals surface area contributed by atoms with Crippen molar-refractivity contribution in [3.8, 4) is 16.5 Å². The molecule has 0 fully saturated rings. The van der Waals surface area contributed by atoms with E-state index in [1.165, 1.54) is 39.1 Å². The summed E-state index contributed by atoms with van der Waals surface area (Å²) in [5.74, 6) is -1.36. The molecule has 0 aliphatic rings. The monoisotopic (exact) mass is 606 g/mol. The summed E-state index contributed by atoms with van der Waals surface area (Å²) >= 11 is 4.36. The Labute approximate surface area is 220 Å². The number of halogens is 8. The van der Waals surface area contributed by atoms with Gasteiger partial charge < -0.3 is 4.90 Å². The van der Waals surface area contributed by atoms with Gasteiger partial charge in [-0.2, -0.15) is 31.6 Å². The SMILES string of the molecule is Cc1cc(F)ccc1-c1sc(Br)c(C#N)c1N(C)C(=O)C(C)(C)c1cc(C(F)(F)F)cc(C(F)(F)F)c1. The maximum Gasteiger partial charge on any atom is 0.416 e. The predicted molar refractivity (Wildman–Crippen MR) is 130 cm³/mol. The van der Waals surface area contributed by atoms with Gasteiger partial charge in [-0.3, -0.25) is 4.79 Å². The van der Waals surface area contributed by atoms with E-state index in [9.17, 15) is 40.8 Å².